The Hall–Kier alpha value is -2.56. The number of carbonyl (C=O) groups excluding carboxylic acids is 1. The van der Waals surface area contributed by atoms with Crippen molar-refractivity contribution in [3.8, 4) is 11.5 Å². The fraction of sp³-hybridized carbons (Fsp3) is 0.188. The number of anilines is 1. The van der Waals surface area contributed by atoms with Gasteiger partial charge in [-0.1, -0.05) is 0 Å². The summed E-state index contributed by atoms with van der Waals surface area (Å²) in [6.07, 6.45) is 0. The largest absolute Gasteiger partial charge is 0.455 e. The number of amides is 1. The molecule has 4 N–H and O–H groups in total. The van der Waals surface area contributed by atoms with E-state index in [0.717, 1.165) is 11.1 Å². The lowest BCUT2D eigenvalue weighted by Crippen LogP contribution is -2.11. The van der Waals surface area contributed by atoms with Gasteiger partial charge >= 0.3 is 0 Å². The number of benzene rings is 2. The van der Waals surface area contributed by atoms with E-state index >= 15 is 0 Å². The Kier molecular flexibility index (Phi) is 3.84. The van der Waals surface area contributed by atoms with Crippen molar-refractivity contribution in [2.75, 3.05) is 5.73 Å². The number of hydrogen-bond acceptors (Lipinski definition) is 3. The zero-order valence-electron chi connectivity index (χ0n) is 12.2. The normalized spacial score (nSPS) is 10.5. The van der Waals surface area contributed by atoms with Crippen molar-refractivity contribution in [1.82, 2.24) is 0 Å². The van der Waals surface area contributed by atoms with Crippen molar-refractivity contribution in [3.05, 3.63) is 52.3 Å². The van der Waals surface area contributed by atoms with Crippen LogP contribution in [0, 0.1) is 26.6 Å². The van der Waals surface area contributed by atoms with Gasteiger partial charge in [-0.3, -0.25) is 4.79 Å². The number of carbonyl (C=O) groups is 1. The lowest BCUT2D eigenvalue weighted by atomic mass is 10.1. The lowest BCUT2D eigenvalue weighted by Gasteiger charge is -2.15. The molecule has 0 aliphatic rings. The summed E-state index contributed by atoms with van der Waals surface area (Å²) in [5.41, 5.74) is 13.6. The molecule has 2 aromatic carbocycles. The molecule has 1 amide bonds. The van der Waals surface area contributed by atoms with Crippen LogP contribution in [0.5, 0.6) is 11.5 Å². The van der Waals surface area contributed by atoms with Gasteiger partial charge < -0.3 is 16.2 Å². The predicted octanol–water partition coefficient (Wildman–Crippen LogP) is 3.22. The molecule has 0 heterocycles. The molecule has 0 spiro atoms. The van der Waals surface area contributed by atoms with Crippen LogP contribution in [0.2, 0.25) is 0 Å². The second-order valence-electron chi connectivity index (χ2n) is 5.04. The minimum absolute atomic E-state index is 0.218. The summed E-state index contributed by atoms with van der Waals surface area (Å²) >= 11 is 0. The number of aryl methyl sites for hydroxylation is 3. The van der Waals surface area contributed by atoms with E-state index in [2.05, 4.69) is 0 Å². The highest BCUT2D eigenvalue weighted by molar-refractivity contribution is 5.93. The summed E-state index contributed by atoms with van der Waals surface area (Å²) in [6.45, 7) is 5.25. The number of halogens is 1. The van der Waals surface area contributed by atoms with Crippen LogP contribution in [0.1, 0.15) is 27.0 Å². The molecule has 0 saturated heterocycles. The van der Waals surface area contributed by atoms with Gasteiger partial charge in [0.05, 0.1) is 5.69 Å². The van der Waals surface area contributed by atoms with Crippen LogP contribution in [0.3, 0.4) is 0 Å². The third-order valence-corrected chi connectivity index (χ3v) is 3.25. The second kappa shape index (κ2) is 5.44. The van der Waals surface area contributed by atoms with E-state index in [0.29, 0.717) is 22.6 Å². The molecule has 110 valence electrons. The van der Waals surface area contributed by atoms with E-state index in [1.54, 1.807) is 39.0 Å². The summed E-state index contributed by atoms with van der Waals surface area (Å²) in [5.74, 6) is 0.0897. The zero-order chi connectivity index (χ0) is 15.7. The van der Waals surface area contributed by atoms with Crippen molar-refractivity contribution in [2.45, 2.75) is 20.8 Å². The molecule has 0 aliphatic heterocycles. The van der Waals surface area contributed by atoms with Crippen molar-refractivity contribution in [1.29, 1.82) is 0 Å². The minimum Gasteiger partial charge on any atom is -0.455 e. The summed E-state index contributed by atoms with van der Waals surface area (Å²) in [6, 6.07) is 6.08. The average Bonchev–Trinajstić information content (AvgIpc) is 2.39. The molecular formula is C16H17FN2O2. The van der Waals surface area contributed by atoms with Gasteiger partial charge in [-0.05, 0) is 55.7 Å². The van der Waals surface area contributed by atoms with Gasteiger partial charge in [0.15, 0.2) is 5.75 Å². The lowest BCUT2D eigenvalue weighted by molar-refractivity contribution is 0.1000. The highest BCUT2D eigenvalue weighted by Gasteiger charge is 2.13. The Balaban J connectivity index is 2.45. The maximum absolute atomic E-state index is 13.4. The molecule has 4 nitrogen and oxygen atoms in total. The van der Waals surface area contributed by atoms with Crippen LogP contribution >= 0.6 is 0 Å². The summed E-state index contributed by atoms with van der Waals surface area (Å²) in [4.78, 5) is 11.2. The Bertz CT molecular complexity index is 703. The third-order valence-electron chi connectivity index (χ3n) is 3.25. The molecule has 0 fully saturated rings. The molecule has 0 radical (unpaired) electrons. The first-order valence-electron chi connectivity index (χ1n) is 6.44. The smallest absolute Gasteiger partial charge is 0.248 e. The fourth-order valence-corrected chi connectivity index (χ4v) is 2.12. The van der Waals surface area contributed by atoms with Crippen LogP contribution in [-0.2, 0) is 0 Å². The Labute approximate surface area is 122 Å². The number of nitrogens with two attached hydrogens (primary N) is 2. The molecule has 0 atom stereocenters. The number of ether oxygens (including phenoxy) is 1. The quantitative estimate of drug-likeness (QED) is 0.851. The first kappa shape index (κ1) is 14.8. The van der Waals surface area contributed by atoms with E-state index < -0.39 is 5.91 Å². The van der Waals surface area contributed by atoms with E-state index in [4.69, 9.17) is 16.2 Å². The molecule has 0 bridgehead atoms. The van der Waals surface area contributed by atoms with Gasteiger partial charge in [-0.25, -0.2) is 4.39 Å². The summed E-state index contributed by atoms with van der Waals surface area (Å²) in [7, 11) is 0. The molecule has 21 heavy (non-hydrogen) atoms. The molecule has 0 aliphatic carbocycles. The van der Waals surface area contributed by atoms with Gasteiger partial charge in [-0.15, -0.1) is 0 Å². The van der Waals surface area contributed by atoms with E-state index in [1.807, 2.05) is 0 Å². The fourth-order valence-electron chi connectivity index (χ4n) is 2.12. The molecule has 0 saturated carbocycles. The van der Waals surface area contributed by atoms with Crippen molar-refractivity contribution in [2.24, 2.45) is 5.73 Å². The Morgan fingerprint density at radius 1 is 1.05 bits per heavy atom. The van der Waals surface area contributed by atoms with Crippen LogP contribution in [-0.4, -0.2) is 5.91 Å². The van der Waals surface area contributed by atoms with E-state index in [1.165, 1.54) is 6.07 Å². The Morgan fingerprint density at radius 2 is 1.62 bits per heavy atom. The molecule has 2 rings (SSSR count). The standard InChI is InChI=1S/C16H17FN2O2/c1-8-6-14(13(18)7-12(8)17)21-15-9(2)4-11(16(19)20)5-10(15)3/h4-7H,18H2,1-3H3,(H2,19,20). The van der Waals surface area contributed by atoms with Crippen molar-refractivity contribution in [3.63, 3.8) is 0 Å². The highest BCUT2D eigenvalue weighted by Crippen LogP contribution is 2.34. The first-order valence-corrected chi connectivity index (χ1v) is 6.44. The molecule has 0 unspecified atom stereocenters. The molecule has 5 heteroatoms. The van der Waals surface area contributed by atoms with Crippen molar-refractivity contribution < 1.29 is 13.9 Å². The topological polar surface area (TPSA) is 78.3 Å². The molecule has 2 aromatic rings. The number of rotatable bonds is 3. The van der Waals surface area contributed by atoms with Crippen LogP contribution < -0.4 is 16.2 Å². The van der Waals surface area contributed by atoms with Crippen molar-refractivity contribution >= 4 is 11.6 Å². The minimum atomic E-state index is -0.495. The first-order chi connectivity index (χ1) is 9.79. The van der Waals surface area contributed by atoms with Crippen LogP contribution in [0.15, 0.2) is 24.3 Å². The van der Waals surface area contributed by atoms with Gasteiger partial charge in [0.2, 0.25) is 5.91 Å². The van der Waals surface area contributed by atoms with Crippen LogP contribution in [0.25, 0.3) is 0 Å². The number of nitrogen functional groups attached to an aromatic ring is 1. The highest BCUT2D eigenvalue weighted by atomic mass is 19.1. The van der Waals surface area contributed by atoms with Crippen LogP contribution in [0.4, 0.5) is 10.1 Å². The maximum Gasteiger partial charge on any atom is 0.248 e. The maximum atomic E-state index is 13.4. The van der Waals surface area contributed by atoms with E-state index in [9.17, 15) is 9.18 Å². The van der Waals surface area contributed by atoms with Gasteiger partial charge in [0.1, 0.15) is 11.6 Å². The zero-order valence-corrected chi connectivity index (χ0v) is 12.2. The van der Waals surface area contributed by atoms with E-state index in [-0.39, 0.29) is 11.5 Å². The summed E-state index contributed by atoms with van der Waals surface area (Å²) < 4.78 is 19.2. The Morgan fingerprint density at radius 3 is 2.14 bits per heavy atom. The number of hydrogen-bond donors (Lipinski definition) is 2. The second-order valence-corrected chi connectivity index (χ2v) is 5.04. The average molecular weight is 288 g/mol. The third kappa shape index (κ3) is 2.97. The summed E-state index contributed by atoms with van der Waals surface area (Å²) in [5, 5.41) is 0. The van der Waals surface area contributed by atoms with Gasteiger partial charge in [0, 0.05) is 11.6 Å². The molecular weight excluding hydrogens is 271 g/mol. The monoisotopic (exact) mass is 288 g/mol. The SMILES string of the molecule is Cc1cc(Oc2c(C)cc(C(N)=O)cc2C)c(N)cc1F. The predicted molar refractivity (Wildman–Crippen MR) is 80.1 cm³/mol. The molecule has 0 aromatic heterocycles. The number of primary amides is 1. The van der Waals surface area contributed by atoms with Gasteiger partial charge in [0.25, 0.3) is 0 Å². The van der Waals surface area contributed by atoms with Gasteiger partial charge in [-0.2, -0.15) is 0 Å².